The second kappa shape index (κ2) is 6.25. The number of carbonyl (C=O) groups is 1. The van der Waals surface area contributed by atoms with Crippen molar-refractivity contribution in [2.45, 2.75) is 18.3 Å². The minimum absolute atomic E-state index is 0.121. The second-order valence-corrected chi connectivity index (χ2v) is 6.16. The topological polar surface area (TPSA) is 86.7 Å². The van der Waals surface area contributed by atoms with Gasteiger partial charge in [0.25, 0.3) is 0 Å². The van der Waals surface area contributed by atoms with Crippen molar-refractivity contribution in [3.05, 3.63) is 48.4 Å². The molecule has 1 aliphatic carbocycles. The SMILES string of the molecule is COc1ccc(NC(=O)C2(c3cc(-c4ccco4)on3)CC2)cc1OC. The number of nitrogens with one attached hydrogen (secondary N) is 1. The summed E-state index contributed by atoms with van der Waals surface area (Å²) in [4.78, 5) is 12.9. The quantitative estimate of drug-likeness (QED) is 0.727. The van der Waals surface area contributed by atoms with Crippen LogP contribution >= 0.6 is 0 Å². The lowest BCUT2D eigenvalue weighted by molar-refractivity contribution is -0.118. The summed E-state index contributed by atoms with van der Waals surface area (Å²) in [6.45, 7) is 0. The molecule has 0 radical (unpaired) electrons. The number of nitrogens with zero attached hydrogens (tertiary/aromatic N) is 1. The Labute approximate surface area is 149 Å². The van der Waals surface area contributed by atoms with Crippen molar-refractivity contribution < 1.29 is 23.2 Å². The summed E-state index contributed by atoms with van der Waals surface area (Å²) in [6.07, 6.45) is 3.00. The van der Waals surface area contributed by atoms with Gasteiger partial charge in [-0.1, -0.05) is 5.16 Å². The molecule has 3 aromatic rings. The van der Waals surface area contributed by atoms with E-state index in [4.69, 9.17) is 18.4 Å². The Hall–Kier alpha value is -3.22. The van der Waals surface area contributed by atoms with E-state index in [9.17, 15) is 4.79 Å². The highest BCUT2D eigenvalue weighted by molar-refractivity contribution is 6.01. The highest BCUT2D eigenvalue weighted by Crippen LogP contribution is 2.49. The Bertz CT molecular complexity index is 925. The van der Waals surface area contributed by atoms with Crippen LogP contribution in [0.15, 0.2) is 51.6 Å². The van der Waals surface area contributed by atoms with E-state index in [1.165, 1.54) is 0 Å². The number of furan rings is 1. The zero-order valence-electron chi connectivity index (χ0n) is 14.4. The highest BCUT2D eigenvalue weighted by atomic mass is 16.5. The summed E-state index contributed by atoms with van der Waals surface area (Å²) < 4.78 is 21.1. The molecule has 0 unspecified atom stereocenters. The maximum atomic E-state index is 12.9. The van der Waals surface area contributed by atoms with E-state index in [-0.39, 0.29) is 5.91 Å². The number of amides is 1. The first-order valence-corrected chi connectivity index (χ1v) is 8.21. The molecule has 1 aromatic carbocycles. The average Bonchev–Trinajstić information content (AvgIpc) is 3.08. The number of anilines is 1. The molecule has 0 atom stereocenters. The fourth-order valence-corrected chi connectivity index (χ4v) is 2.92. The van der Waals surface area contributed by atoms with Gasteiger partial charge in [-0.05, 0) is 37.1 Å². The van der Waals surface area contributed by atoms with Crippen molar-refractivity contribution in [2.24, 2.45) is 0 Å². The van der Waals surface area contributed by atoms with Crippen LogP contribution in [0.5, 0.6) is 11.5 Å². The number of benzene rings is 1. The molecule has 1 saturated carbocycles. The third-order valence-corrected chi connectivity index (χ3v) is 4.59. The van der Waals surface area contributed by atoms with Gasteiger partial charge in [-0.15, -0.1) is 0 Å². The van der Waals surface area contributed by atoms with Crippen LogP contribution in [0.4, 0.5) is 5.69 Å². The van der Waals surface area contributed by atoms with Crippen molar-refractivity contribution in [2.75, 3.05) is 19.5 Å². The molecule has 1 amide bonds. The maximum absolute atomic E-state index is 12.9. The molecule has 2 aromatic heterocycles. The fourth-order valence-electron chi connectivity index (χ4n) is 2.92. The molecule has 1 aliphatic rings. The van der Waals surface area contributed by atoms with Crippen LogP contribution in [0.2, 0.25) is 0 Å². The molecule has 2 heterocycles. The van der Waals surface area contributed by atoms with E-state index in [1.54, 1.807) is 56.9 Å². The summed E-state index contributed by atoms with van der Waals surface area (Å²) >= 11 is 0. The lowest BCUT2D eigenvalue weighted by atomic mass is 10.0. The molecule has 26 heavy (non-hydrogen) atoms. The standard InChI is InChI=1S/C19H18N2O5/c1-23-13-6-5-12(10-15(13)24-2)20-18(22)19(7-8-19)17-11-16(26-21-17)14-4-3-9-25-14/h3-6,9-11H,7-8H2,1-2H3,(H,20,22). The van der Waals surface area contributed by atoms with Crippen molar-refractivity contribution >= 4 is 11.6 Å². The van der Waals surface area contributed by atoms with Crippen LogP contribution in [0.25, 0.3) is 11.5 Å². The third-order valence-electron chi connectivity index (χ3n) is 4.59. The monoisotopic (exact) mass is 354 g/mol. The predicted octanol–water partition coefficient (Wildman–Crippen LogP) is 3.62. The normalized spacial score (nSPS) is 14.7. The summed E-state index contributed by atoms with van der Waals surface area (Å²) in [5, 5.41) is 7.02. The van der Waals surface area contributed by atoms with Gasteiger partial charge >= 0.3 is 0 Å². The van der Waals surface area contributed by atoms with Gasteiger partial charge in [-0.25, -0.2) is 0 Å². The average molecular weight is 354 g/mol. The summed E-state index contributed by atoms with van der Waals surface area (Å²) in [7, 11) is 3.12. The van der Waals surface area contributed by atoms with E-state index in [0.29, 0.717) is 34.4 Å². The lowest BCUT2D eigenvalue weighted by Crippen LogP contribution is -2.28. The molecule has 0 spiro atoms. The van der Waals surface area contributed by atoms with E-state index < -0.39 is 5.41 Å². The van der Waals surface area contributed by atoms with Gasteiger partial charge in [-0.3, -0.25) is 4.79 Å². The summed E-state index contributed by atoms with van der Waals surface area (Å²) in [6, 6.07) is 10.6. The van der Waals surface area contributed by atoms with Crippen LogP contribution in [0.1, 0.15) is 18.5 Å². The molecule has 0 saturated heterocycles. The molecule has 0 aliphatic heterocycles. The van der Waals surface area contributed by atoms with Gasteiger partial charge in [0.2, 0.25) is 11.7 Å². The van der Waals surface area contributed by atoms with Gasteiger partial charge in [0.15, 0.2) is 17.3 Å². The van der Waals surface area contributed by atoms with Gasteiger partial charge in [0.1, 0.15) is 0 Å². The number of ether oxygens (including phenoxy) is 2. The first kappa shape index (κ1) is 16.3. The highest BCUT2D eigenvalue weighted by Gasteiger charge is 2.54. The minimum atomic E-state index is -0.665. The van der Waals surface area contributed by atoms with E-state index in [1.807, 2.05) is 0 Å². The Morgan fingerprint density at radius 3 is 2.58 bits per heavy atom. The van der Waals surface area contributed by atoms with Crippen LogP contribution in [-0.4, -0.2) is 25.3 Å². The number of hydrogen-bond acceptors (Lipinski definition) is 6. The Kier molecular flexibility index (Phi) is 3.91. The lowest BCUT2D eigenvalue weighted by Gasteiger charge is -2.14. The molecular weight excluding hydrogens is 336 g/mol. The number of hydrogen-bond donors (Lipinski definition) is 1. The predicted molar refractivity (Wildman–Crippen MR) is 93.3 cm³/mol. The van der Waals surface area contributed by atoms with Gasteiger partial charge in [0.05, 0.1) is 31.6 Å². The largest absolute Gasteiger partial charge is 0.493 e. The molecule has 0 bridgehead atoms. The van der Waals surface area contributed by atoms with E-state index >= 15 is 0 Å². The molecule has 4 rings (SSSR count). The smallest absolute Gasteiger partial charge is 0.236 e. The van der Waals surface area contributed by atoms with Crippen LogP contribution in [0, 0.1) is 0 Å². The molecule has 7 heteroatoms. The number of aromatic nitrogens is 1. The minimum Gasteiger partial charge on any atom is -0.493 e. The van der Waals surface area contributed by atoms with Gasteiger partial charge < -0.3 is 23.7 Å². The van der Waals surface area contributed by atoms with E-state index in [0.717, 1.165) is 12.8 Å². The van der Waals surface area contributed by atoms with Crippen molar-refractivity contribution in [1.29, 1.82) is 0 Å². The van der Waals surface area contributed by atoms with Gasteiger partial charge in [-0.2, -0.15) is 0 Å². The molecule has 7 nitrogen and oxygen atoms in total. The zero-order chi connectivity index (χ0) is 18.1. The van der Waals surface area contributed by atoms with Gasteiger partial charge in [0, 0.05) is 17.8 Å². The van der Waals surface area contributed by atoms with Crippen molar-refractivity contribution in [3.63, 3.8) is 0 Å². The molecular formula is C19H18N2O5. The van der Waals surface area contributed by atoms with Crippen LogP contribution in [-0.2, 0) is 10.2 Å². The Morgan fingerprint density at radius 1 is 1.12 bits per heavy atom. The number of methoxy groups -OCH3 is 2. The maximum Gasteiger partial charge on any atom is 0.236 e. The molecule has 1 fully saturated rings. The van der Waals surface area contributed by atoms with Crippen LogP contribution < -0.4 is 14.8 Å². The Morgan fingerprint density at radius 2 is 1.92 bits per heavy atom. The second-order valence-electron chi connectivity index (χ2n) is 6.16. The summed E-state index contributed by atoms with van der Waals surface area (Å²) in [5.41, 5.74) is 0.581. The van der Waals surface area contributed by atoms with Crippen molar-refractivity contribution in [1.82, 2.24) is 5.16 Å². The van der Waals surface area contributed by atoms with E-state index in [2.05, 4.69) is 10.5 Å². The van der Waals surface area contributed by atoms with Crippen LogP contribution in [0.3, 0.4) is 0 Å². The zero-order valence-corrected chi connectivity index (χ0v) is 14.4. The first-order valence-electron chi connectivity index (χ1n) is 8.21. The number of carbonyl (C=O) groups excluding carboxylic acids is 1. The first-order chi connectivity index (χ1) is 12.7. The fraction of sp³-hybridized carbons (Fsp3) is 0.263. The third kappa shape index (κ3) is 2.71. The summed E-state index contributed by atoms with van der Waals surface area (Å²) in [5.74, 6) is 2.13. The Balaban J connectivity index is 1.55. The molecule has 134 valence electrons. The molecule has 1 N–H and O–H groups in total. The number of rotatable bonds is 6. The van der Waals surface area contributed by atoms with Crippen molar-refractivity contribution in [3.8, 4) is 23.0 Å².